The van der Waals surface area contributed by atoms with E-state index in [1.165, 1.54) is 0 Å². The molecule has 0 saturated carbocycles. The van der Waals surface area contributed by atoms with E-state index < -0.39 is 10.0 Å². The summed E-state index contributed by atoms with van der Waals surface area (Å²) in [5.41, 5.74) is 0. The maximum Gasteiger partial charge on any atom is 0.225 e. The number of nitrogens with zero attached hydrogens (tertiary/aromatic N) is 2. The van der Waals surface area contributed by atoms with Gasteiger partial charge in [-0.25, -0.2) is 12.7 Å². The number of ether oxygens (including phenoxy) is 1. The van der Waals surface area contributed by atoms with E-state index in [9.17, 15) is 13.2 Å². The van der Waals surface area contributed by atoms with Crippen LogP contribution in [-0.2, 0) is 19.6 Å². The fraction of sp³-hybridized carbons (Fsp3) is 0.933. The molecule has 0 aromatic heterocycles. The highest BCUT2D eigenvalue weighted by molar-refractivity contribution is 7.89. The average Bonchev–Trinajstić information content (AvgIpc) is 2.45. The van der Waals surface area contributed by atoms with Crippen molar-refractivity contribution < 1.29 is 17.9 Å². The molecule has 2 atom stereocenters. The fourth-order valence-electron chi connectivity index (χ4n) is 3.38. The van der Waals surface area contributed by atoms with Crippen molar-refractivity contribution in [1.82, 2.24) is 9.21 Å². The summed E-state index contributed by atoms with van der Waals surface area (Å²) in [5, 5.41) is 0. The summed E-state index contributed by atoms with van der Waals surface area (Å²) in [6.45, 7) is 8.04. The van der Waals surface area contributed by atoms with Gasteiger partial charge in [0.2, 0.25) is 15.9 Å². The average molecular weight is 332 g/mol. The summed E-state index contributed by atoms with van der Waals surface area (Å²) in [7, 11) is -3.14. The Morgan fingerprint density at radius 3 is 2.18 bits per heavy atom. The van der Waals surface area contributed by atoms with Gasteiger partial charge in [0.25, 0.3) is 0 Å². The number of hydrogen-bond acceptors (Lipinski definition) is 4. The number of amides is 1. The Kier molecular flexibility index (Phi) is 5.85. The van der Waals surface area contributed by atoms with Crippen LogP contribution in [0.25, 0.3) is 0 Å². The van der Waals surface area contributed by atoms with Crippen molar-refractivity contribution in [2.75, 3.05) is 31.9 Å². The lowest BCUT2D eigenvalue weighted by Crippen LogP contribution is -2.51. The normalized spacial score (nSPS) is 28.8. The molecular formula is C15H28N2O4S. The predicted molar refractivity (Wildman–Crippen MR) is 85.0 cm³/mol. The Morgan fingerprint density at radius 1 is 1.14 bits per heavy atom. The van der Waals surface area contributed by atoms with E-state index in [-0.39, 0.29) is 29.8 Å². The minimum atomic E-state index is -3.14. The quantitative estimate of drug-likeness (QED) is 0.772. The maximum atomic E-state index is 12.6. The first-order valence-corrected chi connectivity index (χ1v) is 9.86. The lowest BCUT2D eigenvalue weighted by molar-refractivity contribution is -0.148. The lowest BCUT2D eigenvalue weighted by Gasteiger charge is -2.39. The minimum absolute atomic E-state index is 0.0504. The number of morpholine rings is 1. The van der Waals surface area contributed by atoms with Gasteiger partial charge in [0.05, 0.1) is 18.0 Å². The molecule has 0 bridgehead atoms. The lowest BCUT2D eigenvalue weighted by atomic mass is 9.96. The van der Waals surface area contributed by atoms with Gasteiger partial charge >= 0.3 is 0 Å². The van der Waals surface area contributed by atoms with Crippen LogP contribution < -0.4 is 0 Å². The van der Waals surface area contributed by atoms with Crippen molar-refractivity contribution in [2.45, 2.75) is 52.2 Å². The number of rotatable bonds is 4. The van der Waals surface area contributed by atoms with E-state index in [0.717, 1.165) is 0 Å². The van der Waals surface area contributed by atoms with Crippen LogP contribution in [0.15, 0.2) is 0 Å². The second-order valence-corrected chi connectivity index (χ2v) is 8.58. The van der Waals surface area contributed by atoms with E-state index in [1.807, 2.05) is 25.7 Å². The number of sulfonamides is 1. The highest BCUT2D eigenvalue weighted by atomic mass is 32.2. The Balaban J connectivity index is 1.90. The summed E-state index contributed by atoms with van der Waals surface area (Å²) in [6, 6.07) is 0. The van der Waals surface area contributed by atoms with E-state index in [1.54, 1.807) is 4.31 Å². The molecule has 0 radical (unpaired) electrons. The molecule has 6 nitrogen and oxygen atoms in total. The monoisotopic (exact) mass is 332 g/mol. The van der Waals surface area contributed by atoms with Crippen LogP contribution in [0.2, 0.25) is 0 Å². The van der Waals surface area contributed by atoms with Crippen molar-refractivity contribution in [3.8, 4) is 0 Å². The van der Waals surface area contributed by atoms with Gasteiger partial charge in [0, 0.05) is 32.1 Å². The van der Waals surface area contributed by atoms with Crippen LogP contribution in [0, 0.1) is 5.92 Å². The molecule has 0 spiro atoms. The molecule has 0 N–H and O–H groups in total. The SMILES string of the molecule is CCCS(=O)(=O)N1CCC(C(=O)N2CC(C)OC(C)C2)CC1. The second-order valence-electron chi connectivity index (χ2n) is 6.49. The van der Waals surface area contributed by atoms with Gasteiger partial charge in [-0.15, -0.1) is 0 Å². The third-order valence-corrected chi connectivity index (χ3v) is 6.47. The van der Waals surface area contributed by atoms with Crippen molar-refractivity contribution in [3.63, 3.8) is 0 Å². The van der Waals surface area contributed by atoms with Crippen molar-refractivity contribution in [3.05, 3.63) is 0 Å². The molecule has 0 aromatic rings. The standard InChI is InChI=1S/C15H28N2O4S/c1-4-9-22(19,20)17-7-5-14(6-8-17)15(18)16-10-12(2)21-13(3)11-16/h12-14H,4-11H2,1-3H3. The van der Waals surface area contributed by atoms with E-state index in [4.69, 9.17) is 4.74 Å². The van der Waals surface area contributed by atoms with Crippen molar-refractivity contribution in [1.29, 1.82) is 0 Å². The number of piperidine rings is 1. The first-order valence-electron chi connectivity index (χ1n) is 8.25. The molecule has 2 aliphatic rings. The largest absolute Gasteiger partial charge is 0.372 e. The van der Waals surface area contributed by atoms with Gasteiger partial charge in [0.15, 0.2) is 0 Å². The zero-order valence-corrected chi connectivity index (χ0v) is 14.6. The number of hydrogen-bond donors (Lipinski definition) is 0. The molecule has 2 fully saturated rings. The molecule has 0 aromatic carbocycles. The van der Waals surface area contributed by atoms with Crippen molar-refractivity contribution in [2.24, 2.45) is 5.92 Å². The summed E-state index contributed by atoms with van der Waals surface area (Å²) < 4.78 is 31.3. The Morgan fingerprint density at radius 2 is 1.68 bits per heavy atom. The highest BCUT2D eigenvalue weighted by Gasteiger charge is 2.34. The molecule has 2 saturated heterocycles. The predicted octanol–water partition coefficient (Wildman–Crippen LogP) is 1.07. The van der Waals surface area contributed by atoms with Crippen LogP contribution in [0.4, 0.5) is 0 Å². The molecule has 7 heteroatoms. The minimum Gasteiger partial charge on any atom is -0.372 e. The van der Waals surface area contributed by atoms with Crippen LogP contribution in [-0.4, -0.2) is 67.7 Å². The number of carbonyl (C=O) groups is 1. The van der Waals surface area contributed by atoms with Crippen LogP contribution in [0.1, 0.15) is 40.0 Å². The zero-order valence-electron chi connectivity index (χ0n) is 13.8. The molecule has 128 valence electrons. The summed E-state index contributed by atoms with van der Waals surface area (Å²) in [5.74, 6) is 0.310. The zero-order chi connectivity index (χ0) is 16.3. The molecule has 1 amide bonds. The topological polar surface area (TPSA) is 66.9 Å². The van der Waals surface area contributed by atoms with E-state index >= 15 is 0 Å². The third-order valence-electron chi connectivity index (χ3n) is 4.39. The van der Waals surface area contributed by atoms with Gasteiger partial charge in [-0.2, -0.15) is 0 Å². The van der Waals surface area contributed by atoms with E-state index in [0.29, 0.717) is 45.4 Å². The van der Waals surface area contributed by atoms with Crippen LogP contribution in [0.5, 0.6) is 0 Å². The maximum absolute atomic E-state index is 12.6. The first-order chi connectivity index (χ1) is 10.3. The highest BCUT2D eigenvalue weighted by Crippen LogP contribution is 2.24. The van der Waals surface area contributed by atoms with Crippen LogP contribution in [0.3, 0.4) is 0 Å². The van der Waals surface area contributed by atoms with E-state index in [2.05, 4.69) is 0 Å². The first kappa shape index (κ1) is 17.7. The molecule has 2 heterocycles. The molecule has 2 rings (SSSR count). The summed E-state index contributed by atoms with van der Waals surface area (Å²) in [6.07, 6.45) is 2.02. The Hall–Kier alpha value is -0.660. The third kappa shape index (κ3) is 4.20. The second kappa shape index (κ2) is 7.27. The van der Waals surface area contributed by atoms with Gasteiger partial charge in [-0.1, -0.05) is 6.92 Å². The molecule has 2 aliphatic heterocycles. The fourth-order valence-corrected chi connectivity index (χ4v) is 4.93. The molecule has 0 aliphatic carbocycles. The van der Waals surface area contributed by atoms with Crippen molar-refractivity contribution >= 4 is 15.9 Å². The van der Waals surface area contributed by atoms with Gasteiger partial charge in [-0.05, 0) is 33.1 Å². The summed E-state index contributed by atoms with van der Waals surface area (Å²) >= 11 is 0. The summed E-state index contributed by atoms with van der Waals surface area (Å²) in [4.78, 5) is 14.5. The van der Waals surface area contributed by atoms with Crippen LogP contribution >= 0.6 is 0 Å². The van der Waals surface area contributed by atoms with Gasteiger partial charge in [-0.3, -0.25) is 4.79 Å². The Bertz CT molecular complexity index is 476. The molecule has 2 unspecified atom stereocenters. The van der Waals surface area contributed by atoms with Gasteiger partial charge < -0.3 is 9.64 Å². The smallest absolute Gasteiger partial charge is 0.225 e. The van der Waals surface area contributed by atoms with Gasteiger partial charge in [0.1, 0.15) is 0 Å². The number of carbonyl (C=O) groups excluding carboxylic acids is 1. The molecule has 22 heavy (non-hydrogen) atoms. The molecular weight excluding hydrogens is 304 g/mol. The Labute approximate surface area is 133 Å².